The lowest BCUT2D eigenvalue weighted by Crippen LogP contribution is -2.61. The van der Waals surface area contributed by atoms with Gasteiger partial charge in [0.05, 0.1) is 6.54 Å². The Morgan fingerprint density at radius 1 is 1.14 bits per heavy atom. The second-order valence-electron chi connectivity index (χ2n) is 7.52. The summed E-state index contributed by atoms with van der Waals surface area (Å²) in [6, 6.07) is -0.696. The molecular formula is C15H27N3O4. The van der Waals surface area contributed by atoms with Crippen LogP contribution in [-0.4, -0.2) is 65.0 Å². The lowest BCUT2D eigenvalue weighted by Gasteiger charge is -2.39. The average molecular weight is 313 g/mol. The molecule has 22 heavy (non-hydrogen) atoms. The Morgan fingerprint density at radius 2 is 1.73 bits per heavy atom. The first-order valence-corrected chi connectivity index (χ1v) is 7.44. The van der Waals surface area contributed by atoms with E-state index in [-0.39, 0.29) is 12.5 Å². The molecule has 1 rings (SSSR count). The van der Waals surface area contributed by atoms with Gasteiger partial charge in [-0.1, -0.05) is 0 Å². The lowest BCUT2D eigenvalue weighted by molar-refractivity contribution is -0.137. The van der Waals surface area contributed by atoms with Crippen molar-refractivity contribution in [3.63, 3.8) is 0 Å². The maximum absolute atomic E-state index is 12.3. The van der Waals surface area contributed by atoms with Gasteiger partial charge in [0.25, 0.3) is 0 Å². The summed E-state index contributed by atoms with van der Waals surface area (Å²) in [5.74, 6) is -0.271. The molecule has 0 aliphatic carbocycles. The van der Waals surface area contributed by atoms with Crippen LogP contribution >= 0.6 is 0 Å². The van der Waals surface area contributed by atoms with Gasteiger partial charge in [0, 0.05) is 18.6 Å². The minimum absolute atomic E-state index is 0.134. The highest BCUT2D eigenvalue weighted by atomic mass is 16.6. The van der Waals surface area contributed by atoms with E-state index in [4.69, 9.17) is 4.74 Å². The topological polar surface area (TPSA) is 79.0 Å². The molecule has 7 nitrogen and oxygen atoms in total. The summed E-state index contributed by atoms with van der Waals surface area (Å²) in [5, 5.41) is 2.84. The van der Waals surface area contributed by atoms with Gasteiger partial charge in [0.2, 0.25) is 12.3 Å². The highest BCUT2D eigenvalue weighted by Gasteiger charge is 2.36. The number of hydrogen-bond donors (Lipinski definition) is 1. The van der Waals surface area contributed by atoms with E-state index in [0.717, 1.165) is 0 Å². The third-order valence-corrected chi connectivity index (χ3v) is 3.01. The van der Waals surface area contributed by atoms with Gasteiger partial charge in [-0.25, -0.2) is 4.79 Å². The van der Waals surface area contributed by atoms with Crippen molar-refractivity contribution in [3.05, 3.63) is 0 Å². The summed E-state index contributed by atoms with van der Waals surface area (Å²) in [7, 11) is 0. The van der Waals surface area contributed by atoms with Crippen LogP contribution in [0.1, 0.15) is 41.5 Å². The van der Waals surface area contributed by atoms with Gasteiger partial charge in [-0.3, -0.25) is 9.59 Å². The lowest BCUT2D eigenvalue weighted by atomic mass is 10.1. The molecule has 0 bridgehead atoms. The van der Waals surface area contributed by atoms with Gasteiger partial charge in [-0.05, 0) is 41.5 Å². The van der Waals surface area contributed by atoms with Crippen LogP contribution in [0.2, 0.25) is 0 Å². The SMILES string of the molecule is CC(C)(C)NC(=O)[C@@H]1CN(C(=O)OC(C)(C)C)CCN1C=O. The molecule has 0 unspecified atom stereocenters. The van der Waals surface area contributed by atoms with E-state index >= 15 is 0 Å². The van der Waals surface area contributed by atoms with E-state index in [2.05, 4.69) is 5.32 Å². The molecule has 126 valence electrons. The van der Waals surface area contributed by atoms with Crippen molar-refractivity contribution < 1.29 is 19.1 Å². The largest absolute Gasteiger partial charge is 0.444 e. The van der Waals surface area contributed by atoms with Gasteiger partial charge in [-0.15, -0.1) is 0 Å². The Hall–Kier alpha value is -1.79. The Bertz CT molecular complexity index is 437. The molecule has 1 fully saturated rings. The monoisotopic (exact) mass is 313 g/mol. The van der Waals surface area contributed by atoms with Crippen molar-refractivity contribution in [1.82, 2.24) is 15.1 Å². The van der Waals surface area contributed by atoms with Crippen LogP contribution in [-0.2, 0) is 14.3 Å². The second kappa shape index (κ2) is 6.54. The summed E-state index contributed by atoms with van der Waals surface area (Å²) < 4.78 is 5.32. The van der Waals surface area contributed by atoms with E-state index in [1.165, 1.54) is 9.80 Å². The Morgan fingerprint density at radius 3 is 2.18 bits per heavy atom. The molecule has 0 aromatic rings. The summed E-state index contributed by atoms with van der Waals surface area (Å²) in [4.78, 5) is 38.5. The van der Waals surface area contributed by atoms with E-state index in [1.54, 1.807) is 20.8 Å². The molecule has 1 atom stereocenters. The van der Waals surface area contributed by atoms with E-state index in [1.807, 2.05) is 20.8 Å². The number of piperazine rings is 1. The fourth-order valence-corrected chi connectivity index (χ4v) is 2.10. The van der Waals surface area contributed by atoms with Crippen LogP contribution < -0.4 is 5.32 Å². The van der Waals surface area contributed by atoms with Crippen LogP contribution in [0.5, 0.6) is 0 Å². The standard InChI is InChI=1S/C15H27N3O4/c1-14(2,3)16-12(20)11-9-17(7-8-18(11)10-19)13(21)22-15(4,5)6/h10-11H,7-9H2,1-6H3,(H,16,20)/t11-/m0/s1. The number of nitrogens with zero attached hydrogens (tertiary/aromatic N) is 2. The van der Waals surface area contributed by atoms with Gasteiger partial charge in [0.15, 0.2) is 0 Å². The van der Waals surface area contributed by atoms with Gasteiger partial charge >= 0.3 is 6.09 Å². The minimum atomic E-state index is -0.696. The van der Waals surface area contributed by atoms with E-state index in [9.17, 15) is 14.4 Å². The number of ether oxygens (including phenoxy) is 1. The van der Waals surface area contributed by atoms with Gasteiger partial charge in [-0.2, -0.15) is 0 Å². The molecule has 0 spiro atoms. The number of amides is 3. The first kappa shape index (κ1) is 18.3. The number of carbonyl (C=O) groups is 3. The molecule has 1 heterocycles. The van der Waals surface area contributed by atoms with E-state index in [0.29, 0.717) is 19.5 Å². The molecule has 0 aromatic carbocycles. The predicted octanol–water partition coefficient (Wildman–Crippen LogP) is 0.979. The average Bonchev–Trinajstić information content (AvgIpc) is 2.33. The van der Waals surface area contributed by atoms with Crippen LogP contribution in [0.15, 0.2) is 0 Å². The Balaban J connectivity index is 2.79. The van der Waals surface area contributed by atoms with Crippen molar-refractivity contribution in [1.29, 1.82) is 0 Å². The highest BCUT2D eigenvalue weighted by Crippen LogP contribution is 2.15. The summed E-state index contributed by atoms with van der Waals surface area (Å²) >= 11 is 0. The predicted molar refractivity (Wildman–Crippen MR) is 82.3 cm³/mol. The highest BCUT2D eigenvalue weighted by molar-refractivity contribution is 5.85. The number of hydrogen-bond acceptors (Lipinski definition) is 4. The third kappa shape index (κ3) is 5.54. The first-order chi connectivity index (χ1) is 9.93. The molecule has 0 radical (unpaired) electrons. The minimum Gasteiger partial charge on any atom is -0.444 e. The molecule has 7 heteroatoms. The zero-order valence-corrected chi connectivity index (χ0v) is 14.3. The second-order valence-corrected chi connectivity index (χ2v) is 7.52. The molecule has 0 saturated carbocycles. The van der Waals surface area contributed by atoms with Crippen molar-refractivity contribution in [2.24, 2.45) is 0 Å². The molecule has 1 saturated heterocycles. The first-order valence-electron chi connectivity index (χ1n) is 7.44. The number of rotatable bonds is 2. The van der Waals surface area contributed by atoms with Crippen LogP contribution in [0.25, 0.3) is 0 Å². The molecule has 1 aliphatic rings. The summed E-state index contributed by atoms with van der Waals surface area (Å²) in [6.07, 6.45) is 0.186. The zero-order valence-electron chi connectivity index (χ0n) is 14.3. The molecule has 0 aromatic heterocycles. The Kier molecular flexibility index (Phi) is 5.43. The van der Waals surface area contributed by atoms with Gasteiger partial charge < -0.3 is 19.9 Å². The maximum atomic E-state index is 12.3. The summed E-state index contributed by atoms with van der Waals surface area (Å²) in [6.45, 7) is 11.8. The molecule has 1 N–H and O–H groups in total. The third-order valence-electron chi connectivity index (χ3n) is 3.01. The number of nitrogens with one attached hydrogen (secondary N) is 1. The van der Waals surface area contributed by atoms with Crippen LogP contribution in [0.4, 0.5) is 4.79 Å². The van der Waals surface area contributed by atoms with Crippen LogP contribution in [0.3, 0.4) is 0 Å². The van der Waals surface area contributed by atoms with Crippen molar-refractivity contribution >= 4 is 18.4 Å². The van der Waals surface area contributed by atoms with Crippen molar-refractivity contribution in [2.45, 2.75) is 58.7 Å². The fourth-order valence-electron chi connectivity index (χ4n) is 2.10. The smallest absolute Gasteiger partial charge is 0.410 e. The normalized spacial score (nSPS) is 19.6. The Labute approximate surface area is 132 Å². The van der Waals surface area contributed by atoms with Gasteiger partial charge in [0.1, 0.15) is 11.6 Å². The molecule has 1 aliphatic heterocycles. The fraction of sp³-hybridized carbons (Fsp3) is 0.800. The summed E-state index contributed by atoms with van der Waals surface area (Å²) in [5.41, 5.74) is -0.998. The molecule has 3 amide bonds. The zero-order chi connectivity index (χ0) is 17.1. The van der Waals surface area contributed by atoms with Crippen molar-refractivity contribution in [3.8, 4) is 0 Å². The molecular weight excluding hydrogens is 286 g/mol. The van der Waals surface area contributed by atoms with Crippen molar-refractivity contribution in [2.75, 3.05) is 19.6 Å². The van der Waals surface area contributed by atoms with Crippen LogP contribution in [0, 0.1) is 0 Å². The quantitative estimate of drug-likeness (QED) is 0.771. The maximum Gasteiger partial charge on any atom is 0.410 e. The van der Waals surface area contributed by atoms with E-state index < -0.39 is 23.3 Å². The number of carbonyl (C=O) groups excluding carboxylic acids is 3.